The molecule has 1 heterocycles. The molecular weight excluding hydrogens is 236 g/mol. The zero-order valence-electron chi connectivity index (χ0n) is 10.2. The molecule has 1 aromatic heterocycles. The smallest absolute Gasteiger partial charge is 0.342 e. The molecule has 0 saturated heterocycles. The molecule has 1 aliphatic carbocycles. The van der Waals surface area contributed by atoms with Crippen molar-refractivity contribution in [1.82, 2.24) is 15.2 Å². The summed E-state index contributed by atoms with van der Waals surface area (Å²) in [5.41, 5.74) is -2.00. The fourth-order valence-corrected chi connectivity index (χ4v) is 2.28. The van der Waals surface area contributed by atoms with Gasteiger partial charge in [0, 0.05) is 6.54 Å². The molecule has 1 aromatic rings. The van der Waals surface area contributed by atoms with Gasteiger partial charge < -0.3 is 10.4 Å². The van der Waals surface area contributed by atoms with Crippen LogP contribution in [0.2, 0.25) is 0 Å². The lowest BCUT2D eigenvalue weighted by Gasteiger charge is -2.26. The summed E-state index contributed by atoms with van der Waals surface area (Å²) in [7, 11) is 0. The number of hydrogen-bond acceptors (Lipinski definition) is 5. The summed E-state index contributed by atoms with van der Waals surface area (Å²) in [5, 5.41) is 18.9. The van der Waals surface area contributed by atoms with E-state index in [9.17, 15) is 14.7 Å². The van der Waals surface area contributed by atoms with E-state index < -0.39 is 16.9 Å². The van der Waals surface area contributed by atoms with E-state index >= 15 is 0 Å². The van der Waals surface area contributed by atoms with Crippen LogP contribution in [-0.4, -0.2) is 32.4 Å². The van der Waals surface area contributed by atoms with E-state index in [-0.39, 0.29) is 12.4 Å². The van der Waals surface area contributed by atoms with E-state index in [1.54, 1.807) is 0 Å². The van der Waals surface area contributed by atoms with E-state index in [4.69, 9.17) is 0 Å². The number of anilines is 1. The second-order valence-electron chi connectivity index (χ2n) is 4.85. The summed E-state index contributed by atoms with van der Waals surface area (Å²) >= 11 is 0. The van der Waals surface area contributed by atoms with Gasteiger partial charge in [0.2, 0.25) is 5.82 Å². The van der Waals surface area contributed by atoms with Gasteiger partial charge in [-0.25, -0.2) is 9.89 Å². The number of nitrogens with one attached hydrogen (secondary N) is 3. The third-order valence-electron chi connectivity index (χ3n) is 3.33. The molecule has 1 saturated carbocycles. The van der Waals surface area contributed by atoms with Gasteiger partial charge >= 0.3 is 5.69 Å². The molecule has 2 rings (SSSR count). The number of rotatable bonds is 3. The maximum absolute atomic E-state index is 11.4. The standard InChI is InChI=1S/C11H18N4O3/c16-9-8(14-15-10(17)13-9)12-7-11(18)5-3-1-2-4-6-11/h18H,1-7H2,(H,12,14)(H2,13,15,16,17). The number of H-pyrrole nitrogens is 2. The van der Waals surface area contributed by atoms with Gasteiger partial charge in [-0.05, 0) is 12.8 Å². The van der Waals surface area contributed by atoms with Gasteiger partial charge in [-0.1, -0.05) is 25.7 Å². The second-order valence-corrected chi connectivity index (χ2v) is 4.85. The Morgan fingerprint density at radius 2 is 1.89 bits per heavy atom. The lowest BCUT2D eigenvalue weighted by molar-refractivity contribution is 0.0380. The van der Waals surface area contributed by atoms with Gasteiger partial charge in [-0.15, -0.1) is 5.10 Å². The SMILES string of the molecule is O=c1[nH]nc(NCC2(O)CCCCCC2)c(=O)[nH]1. The first-order valence-electron chi connectivity index (χ1n) is 6.24. The maximum Gasteiger partial charge on any atom is 0.342 e. The van der Waals surface area contributed by atoms with Gasteiger partial charge in [0.05, 0.1) is 5.60 Å². The van der Waals surface area contributed by atoms with Gasteiger partial charge in [0.1, 0.15) is 0 Å². The summed E-state index contributed by atoms with van der Waals surface area (Å²) in [6.07, 6.45) is 5.71. The zero-order valence-corrected chi connectivity index (χ0v) is 10.2. The van der Waals surface area contributed by atoms with Gasteiger partial charge in [-0.2, -0.15) is 0 Å². The Labute approximate surface area is 104 Å². The maximum atomic E-state index is 11.4. The van der Waals surface area contributed by atoms with Crippen LogP contribution in [0, 0.1) is 0 Å². The van der Waals surface area contributed by atoms with Crippen LogP contribution < -0.4 is 16.6 Å². The average Bonchev–Trinajstić information content (AvgIpc) is 2.54. The predicted octanol–water partition coefficient (Wildman–Crippen LogP) is -0.0446. The Kier molecular flexibility index (Phi) is 3.81. The molecule has 0 unspecified atom stereocenters. The van der Waals surface area contributed by atoms with Crippen molar-refractivity contribution in [2.45, 2.75) is 44.1 Å². The molecule has 7 nitrogen and oxygen atoms in total. The minimum absolute atomic E-state index is 0.0345. The van der Waals surface area contributed by atoms with Crippen LogP contribution in [-0.2, 0) is 0 Å². The quantitative estimate of drug-likeness (QED) is 0.565. The minimum atomic E-state index is -0.791. The number of aromatic amines is 2. The van der Waals surface area contributed by atoms with Crippen LogP contribution in [0.25, 0.3) is 0 Å². The Hall–Kier alpha value is -1.63. The van der Waals surface area contributed by atoms with Gasteiger partial charge in [-0.3, -0.25) is 9.78 Å². The summed E-state index contributed by atoms with van der Waals surface area (Å²) in [6.45, 7) is 0.273. The number of nitrogens with zero attached hydrogens (tertiary/aromatic N) is 1. The predicted molar refractivity (Wildman–Crippen MR) is 66.6 cm³/mol. The topological polar surface area (TPSA) is 111 Å². The van der Waals surface area contributed by atoms with Crippen molar-refractivity contribution in [1.29, 1.82) is 0 Å². The van der Waals surface area contributed by atoms with Crippen LogP contribution in [0.3, 0.4) is 0 Å². The van der Waals surface area contributed by atoms with E-state index in [1.165, 1.54) is 0 Å². The van der Waals surface area contributed by atoms with Crippen LogP contribution >= 0.6 is 0 Å². The molecule has 18 heavy (non-hydrogen) atoms. The number of hydrogen-bond donors (Lipinski definition) is 4. The molecule has 1 aliphatic rings. The average molecular weight is 254 g/mol. The molecule has 0 atom stereocenters. The third kappa shape index (κ3) is 3.19. The normalized spacial score (nSPS) is 19.2. The molecule has 0 bridgehead atoms. The van der Waals surface area contributed by atoms with Crippen LogP contribution in [0.4, 0.5) is 5.82 Å². The van der Waals surface area contributed by atoms with Crippen molar-refractivity contribution in [3.63, 3.8) is 0 Å². The first-order chi connectivity index (χ1) is 8.59. The Morgan fingerprint density at radius 3 is 2.50 bits per heavy atom. The van der Waals surface area contributed by atoms with E-state index in [0.717, 1.165) is 38.5 Å². The molecular formula is C11H18N4O3. The molecule has 1 fully saturated rings. The first-order valence-corrected chi connectivity index (χ1v) is 6.24. The Balaban J connectivity index is 2.01. The molecule has 0 spiro atoms. The lowest BCUT2D eigenvalue weighted by Crippen LogP contribution is -2.38. The van der Waals surface area contributed by atoms with E-state index in [0.29, 0.717) is 0 Å². The summed E-state index contributed by atoms with van der Waals surface area (Å²) in [6, 6.07) is 0. The minimum Gasteiger partial charge on any atom is -0.388 e. The van der Waals surface area contributed by atoms with Crippen molar-refractivity contribution in [3.05, 3.63) is 20.8 Å². The summed E-state index contributed by atoms with van der Waals surface area (Å²) < 4.78 is 0. The molecule has 7 heteroatoms. The highest BCUT2D eigenvalue weighted by molar-refractivity contribution is 5.29. The van der Waals surface area contributed by atoms with Gasteiger partial charge in [0.25, 0.3) is 5.56 Å². The first kappa shape index (κ1) is 12.8. The molecule has 4 N–H and O–H groups in total. The molecule has 100 valence electrons. The van der Waals surface area contributed by atoms with Crippen LogP contribution in [0.5, 0.6) is 0 Å². The van der Waals surface area contributed by atoms with Crippen LogP contribution in [0.15, 0.2) is 9.59 Å². The second kappa shape index (κ2) is 5.34. The van der Waals surface area contributed by atoms with Crippen molar-refractivity contribution in [3.8, 4) is 0 Å². The van der Waals surface area contributed by atoms with Gasteiger partial charge in [0.15, 0.2) is 0 Å². The van der Waals surface area contributed by atoms with Crippen molar-refractivity contribution in [2.24, 2.45) is 0 Å². The number of aliphatic hydroxyl groups is 1. The van der Waals surface area contributed by atoms with Crippen molar-refractivity contribution in [2.75, 3.05) is 11.9 Å². The molecule has 0 aromatic carbocycles. The van der Waals surface area contributed by atoms with E-state index in [1.807, 2.05) is 0 Å². The Morgan fingerprint density at radius 1 is 1.22 bits per heavy atom. The third-order valence-corrected chi connectivity index (χ3v) is 3.33. The van der Waals surface area contributed by atoms with Crippen molar-refractivity contribution < 1.29 is 5.11 Å². The highest BCUT2D eigenvalue weighted by atomic mass is 16.3. The molecule has 0 radical (unpaired) electrons. The fourth-order valence-electron chi connectivity index (χ4n) is 2.28. The Bertz CT molecular complexity index is 500. The molecule has 0 amide bonds. The highest BCUT2D eigenvalue weighted by Gasteiger charge is 2.28. The monoisotopic (exact) mass is 254 g/mol. The highest BCUT2D eigenvalue weighted by Crippen LogP contribution is 2.26. The van der Waals surface area contributed by atoms with Crippen LogP contribution in [0.1, 0.15) is 38.5 Å². The molecule has 0 aliphatic heterocycles. The fraction of sp³-hybridized carbons (Fsp3) is 0.727. The van der Waals surface area contributed by atoms with E-state index in [2.05, 4.69) is 20.5 Å². The van der Waals surface area contributed by atoms with Crippen molar-refractivity contribution >= 4 is 5.82 Å². The largest absolute Gasteiger partial charge is 0.388 e. The number of aromatic nitrogens is 3. The zero-order chi connectivity index (χ0) is 13.0. The lowest BCUT2D eigenvalue weighted by atomic mass is 9.94. The summed E-state index contributed by atoms with van der Waals surface area (Å²) in [4.78, 5) is 24.3. The summed E-state index contributed by atoms with van der Waals surface area (Å²) in [5.74, 6) is 0.0345.